The largest absolute Gasteiger partial charge is 0.384 e. The van der Waals surface area contributed by atoms with Crippen molar-refractivity contribution in [3.8, 4) is 0 Å². The van der Waals surface area contributed by atoms with Gasteiger partial charge in [-0.25, -0.2) is 4.39 Å². The van der Waals surface area contributed by atoms with E-state index in [1.807, 2.05) is 6.92 Å². The van der Waals surface area contributed by atoms with E-state index >= 15 is 0 Å². The van der Waals surface area contributed by atoms with Gasteiger partial charge in [0.05, 0.1) is 0 Å². The zero-order chi connectivity index (χ0) is 15.4. The zero-order valence-electron chi connectivity index (χ0n) is 12.4. The number of nitrogens with zero attached hydrogens (tertiary/aromatic N) is 1. The molecule has 0 saturated heterocycles. The second-order valence-corrected chi connectivity index (χ2v) is 5.06. The first kappa shape index (κ1) is 15.0. The molecule has 2 rings (SSSR count). The predicted octanol–water partition coefficient (Wildman–Crippen LogP) is 3.44. The fraction of sp³-hybridized carbons (Fsp3) is 0.235. The van der Waals surface area contributed by atoms with E-state index < -0.39 is 0 Å². The van der Waals surface area contributed by atoms with Crippen LogP contribution in [0.4, 0.5) is 10.1 Å². The average molecular weight is 285 g/mol. The summed E-state index contributed by atoms with van der Waals surface area (Å²) in [4.78, 5) is 2.17. The molecule has 0 radical (unpaired) electrons. The van der Waals surface area contributed by atoms with Gasteiger partial charge in [0.2, 0.25) is 0 Å². The molecule has 4 heteroatoms. The molecule has 110 valence electrons. The lowest BCUT2D eigenvalue weighted by Crippen LogP contribution is -2.24. The fourth-order valence-electron chi connectivity index (χ4n) is 2.28. The summed E-state index contributed by atoms with van der Waals surface area (Å²) in [6.07, 6.45) is 0. The predicted molar refractivity (Wildman–Crippen MR) is 85.3 cm³/mol. The van der Waals surface area contributed by atoms with Crippen molar-refractivity contribution >= 4 is 11.5 Å². The van der Waals surface area contributed by atoms with Crippen LogP contribution >= 0.6 is 0 Å². The molecule has 3 N–H and O–H groups in total. The van der Waals surface area contributed by atoms with E-state index in [-0.39, 0.29) is 11.7 Å². The Morgan fingerprint density at radius 1 is 1.19 bits per heavy atom. The third-order valence-corrected chi connectivity index (χ3v) is 3.50. The third kappa shape index (κ3) is 3.60. The first-order valence-electron chi connectivity index (χ1n) is 6.95. The minimum atomic E-state index is -0.373. The van der Waals surface area contributed by atoms with Crippen molar-refractivity contribution in [1.29, 1.82) is 5.41 Å². The van der Waals surface area contributed by atoms with E-state index in [1.165, 1.54) is 17.7 Å². The van der Waals surface area contributed by atoms with Gasteiger partial charge in [0.1, 0.15) is 11.7 Å². The Labute approximate surface area is 124 Å². The highest BCUT2D eigenvalue weighted by atomic mass is 19.1. The maximum Gasteiger partial charge on any atom is 0.123 e. The molecule has 0 spiro atoms. The number of halogens is 1. The summed E-state index contributed by atoms with van der Waals surface area (Å²) in [5.74, 6) is -0.480. The van der Waals surface area contributed by atoms with E-state index in [0.717, 1.165) is 17.8 Å². The Hall–Kier alpha value is -2.36. The number of benzene rings is 2. The Balaban J connectivity index is 2.30. The molecule has 0 saturated carbocycles. The van der Waals surface area contributed by atoms with Crippen LogP contribution in [-0.2, 0) is 6.54 Å². The molecule has 0 fully saturated rings. The normalized spacial score (nSPS) is 10.4. The van der Waals surface area contributed by atoms with Gasteiger partial charge in [0, 0.05) is 24.3 Å². The zero-order valence-corrected chi connectivity index (χ0v) is 12.4. The van der Waals surface area contributed by atoms with Crippen molar-refractivity contribution in [2.45, 2.75) is 20.4 Å². The summed E-state index contributed by atoms with van der Waals surface area (Å²) >= 11 is 0. The number of hydrogen-bond donors (Lipinski definition) is 2. The maximum atomic E-state index is 13.3. The van der Waals surface area contributed by atoms with Crippen molar-refractivity contribution in [3.05, 3.63) is 65.0 Å². The molecule has 21 heavy (non-hydrogen) atoms. The van der Waals surface area contributed by atoms with Gasteiger partial charge in [-0.3, -0.25) is 5.41 Å². The van der Waals surface area contributed by atoms with E-state index in [2.05, 4.69) is 36.1 Å². The van der Waals surface area contributed by atoms with Crippen molar-refractivity contribution in [2.75, 3.05) is 11.4 Å². The van der Waals surface area contributed by atoms with Crippen LogP contribution in [0, 0.1) is 18.2 Å². The van der Waals surface area contributed by atoms with Crippen molar-refractivity contribution in [1.82, 2.24) is 0 Å². The van der Waals surface area contributed by atoms with E-state index in [4.69, 9.17) is 11.1 Å². The van der Waals surface area contributed by atoms with Crippen LogP contribution < -0.4 is 10.6 Å². The minimum Gasteiger partial charge on any atom is -0.384 e. The van der Waals surface area contributed by atoms with E-state index in [0.29, 0.717) is 12.1 Å². The average Bonchev–Trinajstić information content (AvgIpc) is 2.47. The van der Waals surface area contributed by atoms with Crippen LogP contribution in [-0.4, -0.2) is 12.4 Å². The second-order valence-electron chi connectivity index (χ2n) is 5.06. The third-order valence-electron chi connectivity index (χ3n) is 3.50. The first-order chi connectivity index (χ1) is 10.0. The Kier molecular flexibility index (Phi) is 4.58. The molecule has 0 heterocycles. The lowest BCUT2D eigenvalue weighted by atomic mass is 10.1. The molecule has 0 aromatic heterocycles. The summed E-state index contributed by atoms with van der Waals surface area (Å²) in [7, 11) is 0. The summed E-state index contributed by atoms with van der Waals surface area (Å²) in [6.45, 7) is 5.53. The highest BCUT2D eigenvalue weighted by molar-refractivity contribution is 5.96. The highest BCUT2D eigenvalue weighted by Crippen LogP contribution is 2.20. The Bertz CT molecular complexity index is 635. The molecular weight excluding hydrogens is 265 g/mol. The van der Waals surface area contributed by atoms with Crippen LogP contribution in [0.2, 0.25) is 0 Å². The smallest absolute Gasteiger partial charge is 0.123 e. The molecule has 0 atom stereocenters. The number of aryl methyl sites for hydroxylation is 1. The first-order valence-corrected chi connectivity index (χ1v) is 6.95. The topological polar surface area (TPSA) is 53.1 Å². The van der Waals surface area contributed by atoms with Crippen LogP contribution in [0.15, 0.2) is 42.5 Å². The van der Waals surface area contributed by atoms with Crippen LogP contribution in [0.1, 0.15) is 23.6 Å². The van der Waals surface area contributed by atoms with Crippen molar-refractivity contribution in [2.24, 2.45) is 5.73 Å². The van der Waals surface area contributed by atoms with Crippen molar-refractivity contribution in [3.63, 3.8) is 0 Å². The molecule has 0 unspecified atom stereocenters. The lowest BCUT2D eigenvalue weighted by molar-refractivity contribution is 0.626. The SMILES string of the molecule is CCN(Cc1ccc(F)cc1C(=N)N)c1ccc(C)cc1. The monoisotopic (exact) mass is 285 g/mol. The van der Waals surface area contributed by atoms with Gasteiger partial charge in [-0.15, -0.1) is 0 Å². The van der Waals surface area contributed by atoms with Crippen molar-refractivity contribution < 1.29 is 4.39 Å². The molecule has 0 aliphatic heterocycles. The second kappa shape index (κ2) is 6.39. The lowest BCUT2D eigenvalue weighted by Gasteiger charge is -2.24. The standard InChI is InChI=1S/C17H20FN3/c1-3-21(15-8-4-12(2)5-9-15)11-13-6-7-14(18)10-16(13)17(19)20/h4-10H,3,11H2,1-2H3,(H3,19,20). The van der Waals surface area contributed by atoms with Gasteiger partial charge in [0.15, 0.2) is 0 Å². The summed E-state index contributed by atoms with van der Waals surface area (Å²) < 4.78 is 13.3. The Morgan fingerprint density at radius 2 is 1.86 bits per heavy atom. The van der Waals surface area contributed by atoms with Crippen LogP contribution in [0.5, 0.6) is 0 Å². The Morgan fingerprint density at radius 3 is 2.43 bits per heavy atom. The molecule has 0 aliphatic carbocycles. The molecule has 0 amide bonds. The van der Waals surface area contributed by atoms with Crippen LogP contribution in [0.3, 0.4) is 0 Å². The van der Waals surface area contributed by atoms with Gasteiger partial charge in [-0.05, 0) is 43.7 Å². The number of nitrogens with one attached hydrogen (secondary N) is 1. The number of amidine groups is 1. The quantitative estimate of drug-likeness (QED) is 0.653. The van der Waals surface area contributed by atoms with Gasteiger partial charge in [-0.2, -0.15) is 0 Å². The van der Waals surface area contributed by atoms with Gasteiger partial charge in [0.25, 0.3) is 0 Å². The molecule has 3 nitrogen and oxygen atoms in total. The van der Waals surface area contributed by atoms with Gasteiger partial charge >= 0.3 is 0 Å². The summed E-state index contributed by atoms with van der Waals surface area (Å²) in [5.41, 5.74) is 9.18. The fourth-order valence-corrected chi connectivity index (χ4v) is 2.28. The molecule has 0 aliphatic rings. The molecule has 2 aromatic carbocycles. The van der Waals surface area contributed by atoms with Crippen LogP contribution in [0.25, 0.3) is 0 Å². The summed E-state index contributed by atoms with van der Waals surface area (Å²) in [6, 6.07) is 12.7. The molecule has 2 aromatic rings. The van der Waals surface area contributed by atoms with Gasteiger partial charge < -0.3 is 10.6 Å². The molecule has 0 bridgehead atoms. The van der Waals surface area contributed by atoms with E-state index in [1.54, 1.807) is 6.07 Å². The number of anilines is 1. The van der Waals surface area contributed by atoms with Gasteiger partial charge in [-0.1, -0.05) is 23.8 Å². The number of nitrogens with two attached hydrogens (primary N) is 1. The minimum absolute atomic E-state index is 0.107. The highest BCUT2D eigenvalue weighted by Gasteiger charge is 2.11. The maximum absolute atomic E-state index is 13.3. The number of rotatable bonds is 5. The summed E-state index contributed by atoms with van der Waals surface area (Å²) in [5, 5.41) is 7.60. The number of hydrogen-bond acceptors (Lipinski definition) is 2. The van der Waals surface area contributed by atoms with E-state index in [9.17, 15) is 4.39 Å². The number of nitrogen functional groups attached to an aromatic ring is 1. The molecular formula is C17H20FN3.